The Morgan fingerprint density at radius 2 is 1.83 bits per heavy atom. The SMILES string of the molecule is CN(C)c1ccc(/C=C/CN2CCNCC2)cc1. The summed E-state index contributed by atoms with van der Waals surface area (Å²) in [5.41, 5.74) is 2.52. The summed E-state index contributed by atoms with van der Waals surface area (Å²) in [7, 11) is 4.13. The number of hydrogen-bond acceptors (Lipinski definition) is 3. The summed E-state index contributed by atoms with van der Waals surface area (Å²) < 4.78 is 0. The lowest BCUT2D eigenvalue weighted by molar-refractivity contribution is 0.265. The molecule has 0 unspecified atom stereocenters. The Hall–Kier alpha value is -1.32. The van der Waals surface area contributed by atoms with E-state index in [1.54, 1.807) is 0 Å². The second-order valence-corrected chi connectivity index (χ2v) is 4.94. The Kier molecular flexibility index (Phi) is 4.79. The van der Waals surface area contributed by atoms with E-state index in [0.29, 0.717) is 0 Å². The molecular formula is C15H23N3. The average molecular weight is 245 g/mol. The van der Waals surface area contributed by atoms with Crippen LogP contribution in [0.2, 0.25) is 0 Å². The smallest absolute Gasteiger partial charge is 0.0361 e. The van der Waals surface area contributed by atoms with Gasteiger partial charge in [0.15, 0.2) is 0 Å². The van der Waals surface area contributed by atoms with Gasteiger partial charge in [0.05, 0.1) is 0 Å². The largest absolute Gasteiger partial charge is 0.378 e. The molecule has 0 aliphatic carbocycles. The average Bonchev–Trinajstić information content (AvgIpc) is 2.40. The van der Waals surface area contributed by atoms with Gasteiger partial charge in [-0.2, -0.15) is 0 Å². The molecule has 1 aliphatic rings. The maximum absolute atomic E-state index is 3.37. The first kappa shape index (κ1) is 13.1. The molecule has 3 heteroatoms. The molecule has 0 atom stereocenters. The highest BCUT2D eigenvalue weighted by Crippen LogP contribution is 2.13. The van der Waals surface area contributed by atoms with Crippen molar-refractivity contribution >= 4 is 11.8 Å². The van der Waals surface area contributed by atoms with Crippen molar-refractivity contribution in [1.82, 2.24) is 10.2 Å². The first-order chi connectivity index (χ1) is 8.75. The molecule has 1 aromatic rings. The fourth-order valence-corrected chi connectivity index (χ4v) is 2.12. The van der Waals surface area contributed by atoms with Crippen LogP contribution in [-0.4, -0.2) is 51.7 Å². The van der Waals surface area contributed by atoms with Crippen LogP contribution in [0.4, 0.5) is 5.69 Å². The topological polar surface area (TPSA) is 18.5 Å². The second-order valence-electron chi connectivity index (χ2n) is 4.94. The summed E-state index contributed by atoms with van der Waals surface area (Å²) in [4.78, 5) is 4.59. The Balaban J connectivity index is 1.84. The minimum Gasteiger partial charge on any atom is -0.378 e. The fraction of sp³-hybridized carbons (Fsp3) is 0.467. The maximum Gasteiger partial charge on any atom is 0.0361 e. The van der Waals surface area contributed by atoms with E-state index in [1.165, 1.54) is 11.3 Å². The number of nitrogens with one attached hydrogen (secondary N) is 1. The molecule has 0 saturated carbocycles. The molecule has 0 bridgehead atoms. The van der Waals surface area contributed by atoms with Gasteiger partial charge in [0.1, 0.15) is 0 Å². The van der Waals surface area contributed by atoms with Gasteiger partial charge in [0, 0.05) is 52.5 Å². The number of hydrogen-bond donors (Lipinski definition) is 1. The van der Waals surface area contributed by atoms with Crippen molar-refractivity contribution in [2.45, 2.75) is 0 Å². The molecular weight excluding hydrogens is 222 g/mol. The zero-order chi connectivity index (χ0) is 12.8. The molecule has 3 nitrogen and oxygen atoms in total. The molecule has 1 aliphatic heterocycles. The highest BCUT2D eigenvalue weighted by Gasteiger charge is 2.06. The lowest BCUT2D eigenvalue weighted by Gasteiger charge is -2.25. The van der Waals surface area contributed by atoms with Crippen LogP contribution in [0.1, 0.15) is 5.56 Å². The normalized spacial score (nSPS) is 17.2. The number of piperazine rings is 1. The minimum atomic E-state index is 1.05. The zero-order valence-corrected chi connectivity index (χ0v) is 11.4. The van der Waals surface area contributed by atoms with E-state index in [2.05, 4.69) is 65.6 Å². The molecule has 2 rings (SSSR count). The Labute approximate surface area is 110 Å². The highest BCUT2D eigenvalue weighted by atomic mass is 15.2. The first-order valence-corrected chi connectivity index (χ1v) is 6.63. The van der Waals surface area contributed by atoms with Crippen LogP contribution in [0.15, 0.2) is 30.3 Å². The van der Waals surface area contributed by atoms with Crippen LogP contribution in [0.5, 0.6) is 0 Å². The molecule has 1 N–H and O–H groups in total. The van der Waals surface area contributed by atoms with E-state index in [-0.39, 0.29) is 0 Å². The van der Waals surface area contributed by atoms with E-state index in [4.69, 9.17) is 0 Å². The standard InChI is InChI=1S/C15H23N3/c1-17(2)15-7-5-14(6-8-15)4-3-11-18-12-9-16-10-13-18/h3-8,16H,9-13H2,1-2H3/b4-3+. The molecule has 1 fully saturated rings. The molecule has 1 heterocycles. The second kappa shape index (κ2) is 6.57. The number of benzene rings is 1. The van der Waals surface area contributed by atoms with Gasteiger partial charge in [-0.25, -0.2) is 0 Å². The molecule has 18 heavy (non-hydrogen) atoms. The zero-order valence-electron chi connectivity index (χ0n) is 11.4. The minimum absolute atomic E-state index is 1.05. The summed E-state index contributed by atoms with van der Waals surface area (Å²) in [5.74, 6) is 0. The molecule has 0 aromatic heterocycles. The van der Waals surface area contributed by atoms with Crippen LogP contribution in [0.3, 0.4) is 0 Å². The van der Waals surface area contributed by atoms with Crippen molar-refractivity contribution in [2.75, 3.05) is 51.7 Å². The van der Waals surface area contributed by atoms with Crippen LogP contribution >= 0.6 is 0 Å². The van der Waals surface area contributed by atoms with Crippen LogP contribution in [0, 0.1) is 0 Å². The fourth-order valence-electron chi connectivity index (χ4n) is 2.12. The quantitative estimate of drug-likeness (QED) is 0.870. The van der Waals surface area contributed by atoms with Gasteiger partial charge in [-0.3, -0.25) is 4.90 Å². The summed E-state index contributed by atoms with van der Waals surface area (Å²) in [6.07, 6.45) is 4.47. The summed E-state index contributed by atoms with van der Waals surface area (Å²) in [6, 6.07) is 8.65. The predicted molar refractivity (Wildman–Crippen MR) is 79.1 cm³/mol. The van der Waals surface area contributed by atoms with Crippen molar-refractivity contribution in [3.8, 4) is 0 Å². The first-order valence-electron chi connectivity index (χ1n) is 6.63. The van der Waals surface area contributed by atoms with Crippen molar-refractivity contribution < 1.29 is 0 Å². The molecule has 0 radical (unpaired) electrons. The van der Waals surface area contributed by atoms with Gasteiger partial charge in [-0.15, -0.1) is 0 Å². The molecule has 0 amide bonds. The van der Waals surface area contributed by atoms with Gasteiger partial charge in [0.2, 0.25) is 0 Å². The Bertz CT molecular complexity index is 375. The highest BCUT2D eigenvalue weighted by molar-refractivity contribution is 5.55. The van der Waals surface area contributed by atoms with E-state index in [1.807, 2.05) is 0 Å². The van der Waals surface area contributed by atoms with Gasteiger partial charge < -0.3 is 10.2 Å². The number of anilines is 1. The van der Waals surface area contributed by atoms with Crippen LogP contribution in [-0.2, 0) is 0 Å². The lowest BCUT2D eigenvalue weighted by atomic mass is 10.2. The van der Waals surface area contributed by atoms with Gasteiger partial charge in [-0.1, -0.05) is 24.3 Å². The van der Waals surface area contributed by atoms with Gasteiger partial charge in [-0.05, 0) is 17.7 Å². The third kappa shape index (κ3) is 3.86. The maximum atomic E-state index is 3.37. The number of rotatable bonds is 4. The van der Waals surface area contributed by atoms with Crippen molar-refractivity contribution in [1.29, 1.82) is 0 Å². The van der Waals surface area contributed by atoms with Crippen LogP contribution in [0.25, 0.3) is 6.08 Å². The predicted octanol–water partition coefficient (Wildman–Crippen LogP) is 1.67. The molecule has 0 spiro atoms. The summed E-state index contributed by atoms with van der Waals surface area (Å²) in [6.45, 7) is 5.60. The van der Waals surface area contributed by atoms with Crippen LogP contribution < -0.4 is 10.2 Å². The molecule has 1 aromatic carbocycles. The van der Waals surface area contributed by atoms with Crippen molar-refractivity contribution in [3.05, 3.63) is 35.9 Å². The van der Waals surface area contributed by atoms with Gasteiger partial charge >= 0.3 is 0 Å². The third-order valence-corrected chi connectivity index (χ3v) is 3.29. The Morgan fingerprint density at radius 1 is 1.17 bits per heavy atom. The molecule has 98 valence electrons. The van der Waals surface area contributed by atoms with Crippen molar-refractivity contribution in [3.63, 3.8) is 0 Å². The van der Waals surface area contributed by atoms with E-state index in [0.717, 1.165) is 32.7 Å². The third-order valence-electron chi connectivity index (χ3n) is 3.29. The van der Waals surface area contributed by atoms with E-state index < -0.39 is 0 Å². The van der Waals surface area contributed by atoms with E-state index in [9.17, 15) is 0 Å². The lowest BCUT2D eigenvalue weighted by Crippen LogP contribution is -2.43. The van der Waals surface area contributed by atoms with Crippen molar-refractivity contribution in [2.24, 2.45) is 0 Å². The Morgan fingerprint density at radius 3 is 2.44 bits per heavy atom. The monoisotopic (exact) mass is 245 g/mol. The van der Waals surface area contributed by atoms with Gasteiger partial charge in [0.25, 0.3) is 0 Å². The molecule has 1 saturated heterocycles. The summed E-state index contributed by atoms with van der Waals surface area (Å²) >= 11 is 0. The summed E-state index contributed by atoms with van der Waals surface area (Å²) in [5, 5.41) is 3.37. The van der Waals surface area contributed by atoms with E-state index >= 15 is 0 Å². The number of nitrogens with zero attached hydrogens (tertiary/aromatic N) is 2.